The number of anilines is 5. The summed E-state index contributed by atoms with van der Waals surface area (Å²) >= 11 is 1.92. The number of para-hydroxylation sites is 2. The molecule has 7 aromatic carbocycles. The van der Waals surface area contributed by atoms with E-state index < -0.39 is 0 Å². The SMILES string of the molecule is CC(C)(C)c1ccc(N2B3c4sc5ccc(C(C)(C)C)cc5c4N(c4ccc(C(C)(C)C)cc4)c4cc5c(oc6ccccc65)c(c43)-c3cc4c(cc32)oc2ccccc24)cc1. The average molecular weight is 825 g/mol. The second-order valence-corrected chi connectivity index (χ2v) is 21.7. The van der Waals surface area contributed by atoms with Gasteiger partial charge in [-0.3, -0.25) is 0 Å². The Morgan fingerprint density at radius 3 is 1.71 bits per heavy atom. The standard InChI is InChI=1S/C56H49BN2O2S/c1-54(2,3)32-18-23-35(24-19-32)58-44-30-40-38-15-11-13-17-46(38)61-52(40)49-41-29-39-37-14-10-12-16-45(37)60-47(39)31-43(41)59(36-25-20-33(21-26-36)55(4,5)6)57(50(44)49)53-51(58)42-28-34(56(7,8)9)22-27-48(42)62-53/h10-31H,1-9H3. The van der Waals surface area contributed by atoms with Crippen molar-refractivity contribution in [3.8, 4) is 11.1 Å². The highest BCUT2D eigenvalue weighted by Gasteiger charge is 2.48. The molecular weight excluding hydrogens is 776 g/mol. The van der Waals surface area contributed by atoms with Crippen molar-refractivity contribution < 1.29 is 8.83 Å². The minimum Gasteiger partial charge on any atom is -0.456 e. The molecule has 4 nitrogen and oxygen atoms in total. The zero-order valence-corrected chi connectivity index (χ0v) is 37.7. The van der Waals surface area contributed by atoms with E-state index in [-0.39, 0.29) is 23.1 Å². The fourth-order valence-corrected chi connectivity index (χ4v) is 11.4. The maximum Gasteiger partial charge on any atom is 0.343 e. The Morgan fingerprint density at radius 1 is 0.484 bits per heavy atom. The van der Waals surface area contributed by atoms with Gasteiger partial charge < -0.3 is 18.5 Å². The van der Waals surface area contributed by atoms with E-state index in [1.165, 1.54) is 48.4 Å². The van der Waals surface area contributed by atoms with E-state index in [9.17, 15) is 0 Å². The van der Waals surface area contributed by atoms with Crippen molar-refractivity contribution in [2.24, 2.45) is 0 Å². The Kier molecular flexibility index (Phi) is 7.67. The number of hydrogen-bond donors (Lipinski definition) is 0. The third kappa shape index (κ3) is 5.38. The first-order valence-corrected chi connectivity index (χ1v) is 22.8. The van der Waals surface area contributed by atoms with Crippen molar-refractivity contribution in [2.75, 3.05) is 9.71 Å². The fraction of sp³-hybridized carbons (Fsp3) is 0.214. The van der Waals surface area contributed by atoms with Crippen LogP contribution in [0.2, 0.25) is 0 Å². The fourth-order valence-electron chi connectivity index (χ4n) is 10.2. The Morgan fingerprint density at radius 2 is 1.06 bits per heavy atom. The van der Waals surface area contributed by atoms with Crippen LogP contribution in [0, 0.1) is 0 Å². The molecule has 0 bridgehead atoms. The predicted molar refractivity (Wildman–Crippen MR) is 266 cm³/mol. The van der Waals surface area contributed by atoms with Crippen molar-refractivity contribution >= 4 is 111 Å². The number of furan rings is 2. The van der Waals surface area contributed by atoms with E-state index in [0.29, 0.717) is 0 Å². The van der Waals surface area contributed by atoms with Gasteiger partial charge >= 0.3 is 6.85 Å². The van der Waals surface area contributed by atoms with Crippen molar-refractivity contribution in [1.82, 2.24) is 0 Å². The van der Waals surface area contributed by atoms with Gasteiger partial charge in [-0.25, -0.2) is 0 Å². The summed E-state index contributed by atoms with van der Waals surface area (Å²) in [6.07, 6.45) is 0. The normalized spacial score (nSPS) is 14.1. The van der Waals surface area contributed by atoms with Gasteiger partial charge in [-0.2, -0.15) is 0 Å². The zero-order chi connectivity index (χ0) is 42.6. The molecule has 10 aromatic rings. The third-order valence-corrected chi connectivity index (χ3v) is 14.7. The Hall–Kier alpha value is -6.24. The van der Waals surface area contributed by atoms with Gasteiger partial charge in [-0.15, -0.1) is 11.3 Å². The van der Waals surface area contributed by atoms with Crippen molar-refractivity contribution in [1.29, 1.82) is 0 Å². The molecule has 0 saturated heterocycles. The maximum atomic E-state index is 7.09. The summed E-state index contributed by atoms with van der Waals surface area (Å²) < 4.78 is 16.4. The molecule has 0 N–H and O–H groups in total. The van der Waals surface area contributed by atoms with Gasteiger partial charge in [0.05, 0.1) is 5.69 Å². The summed E-state index contributed by atoms with van der Waals surface area (Å²) in [5.41, 5.74) is 16.9. The molecule has 304 valence electrons. The largest absolute Gasteiger partial charge is 0.456 e. The quantitative estimate of drug-likeness (QED) is 0.163. The van der Waals surface area contributed by atoms with Crippen molar-refractivity contribution in [3.05, 3.63) is 150 Å². The van der Waals surface area contributed by atoms with Crippen LogP contribution >= 0.6 is 11.3 Å². The van der Waals surface area contributed by atoms with Gasteiger partial charge in [0.15, 0.2) is 0 Å². The van der Waals surface area contributed by atoms with E-state index in [1.54, 1.807) is 0 Å². The molecule has 0 amide bonds. The predicted octanol–water partition coefficient (Wildman–Crippen LogP) is 15.3. The summed E-state index contributed by atoms with van der Waals surface area (Å²) in [5.74, 6) is 0. The Balaban J connectivity index is 1.27. The topological polar surface area (TPSA) is 32.8 Å². The van der Waals surface area contributed by atoms with Crippen LogP contribution in [0.5, 0.6) is 0 Å². The number of rotatable bonds is 2. The molecule has 0 spiro atoms. The lowest BCUT2D eigenvalue weighted by molar-refractivity contribution is 0.590. The van der Waals surface area contributed by atoms with Crippen LogP contribution < -0.4 is 20.0 Å². The monoisotopic (exact) mass is 824 g/mol. The number of benzene rings is 7. The first-order chi connectivity index (χ1) is 29.6. The lowest BCUT2D eigenvalue weighted by atomic mass is 9.46. The van der Waals surface area contributed by atoms with Crippen LogP contribution in [0.25, 0.3) is 65.1 Å². The zero-order valence-electron chi connectivity index (χ0n) is 36.9. The summed E-state index contributed by atoms with van der Waals surface area (Å²) in [4.78, 5) is 5.19. The lowest BCUT2D eigenvalue weighted by Gasteiger charge is -2.44. The van der Waals surface area contributed by atoms with Gasteiger partial charge in [-0.05, 0) is 99.1 Å². The minimum absolute atomic E-state index is 0.0166. The highest BCUT2D eigenvalue weighted by molar-refractivity contribution is 7.32. The van der Waals surface area contributed by atoms with Gasteiger partial charge in [0, 0.05) is 76.4 Å². The first kappa shape index (κ1) is 37.5. The molecule has 0 unspecified atom stereocenters. The van der Waals surface area contributed by atoms with E-state index in [1.807, 2.05) is 11.3 Å². The second-order valence-electron chi connectivity index (χ2n) is 20.6. The van der Waals surface area contributed by atoms with Gasteiger partial charge in [-0.1, -0.05) is 129 Å². The van der Waals surface area contributed by atoms with Crippen LogP contribution in [0.4, 0.5) is 28.4 Å². The molecule has 6 heteroatoms. The highest BCUT2D eigenvalue weighted by atomic mass is 32.1. The summed E-state index contributed by atoms with van der Waals surface area (Å²) in [7, 11) is 0. The molecule has 62 heavy (non-hydrogen) atoms. The molecule has 2 aliphatic heterocycles. The number of nitrogens with zero attached hydrogens (tertiary/aromatic N) is 2. The second kappa shape index (κ2) is 12.7. The van der Waals surface area contributed by atoms with Crippen molar-refractivity contribution in [3.63, 3.8) is 0 Å². The molecular formula is C56H49BN2O2S. The Labute approximate surface area is 367 Å². The summed E-state index contributed by atoms with van der Waals surface area (Å²) in [5, 5.41) is 5.73. The van der Waals surface area contributed by atoms with Gasteiger partial charge in [0.1, 0.15) is 22.3 Å². The molecule has 0 aliphatic carbocycles. The van der Waals surface area contributed by atoms with Crippen LogP contribution in [0.1, 0.15) is 79.0 Å². The number of thiophene rings is 1. The minimum atomic E-state index is -0.164. The Bertz CT molecular complexity index is 3480. The molecule has 0 fully saturated rings. The molecule has 0 atom stereocenters. The molecule has 12 rings (SSSR count). The van der Waals surface area contributed by atoms with E-state index in [0.717, 1.165) is 72.1 Å². The number of fused-ring (bicyclic) bond motifs is 13. The average Bonchev–Trinajstić information content (AvgIpc) is 3.93. The van der Waals surface area contributed by atoms with E-state index in [2.05, 4.69) is 205 Å². The highest BCUT2D eigenvalue weighted by Crippen LogP contribution is 2.54. The summed E-state index contributed by atoms with van der Waals surface area (Å²) in [6.45, 7) is 20.5. The molecule has 0 saturated carbocycles. The van der Waals surface area contributed by atoms with Crippen LogP contribution in [-0.2, 0) is 16.2 Å². The smallest absolute Gasteiger partial charge is 0.343 e. The molecule has 0 radical (unpaired) electrons. The first-order valence-electron chi connectivity index (χ1n) is 21.9. The van der Waals surface area contributed by atoms with Crippen LogP contribution in [0.15, 0.2) is 142 Å². The molecule has 3 aromatic heterocycles. The van der Waals surface area contributed by atoms with E-state index in [4.69, 9.17) is 8.83 Å². The third-order valence-electron chi connectivity index (χ3n) is 13.5. The maximum absolute atomic E-state index is 7.09. The summed E-state index contributed by atoms with van der Waals surface area (Å²) in [6, 6.07) is 49.9. The van der Waals surface area contributed by atoms with Crippen molar-refractivity contribution in [2.45, 2.75) is 78.6 Å². The molecule has 2 aliphatic rings. The van der Waals surface area contributed by atoms with Crippen LogP contribution in [-0.4, -0.2) is 6.85 Å². The number of hydrogen-bond acceptors (Lipinski definition) is 5. The van der Waals surface area contributed by atoms with Crippen LogP contribution in [0.3, 0.4) is 0 Å². The lowest BCUT2D eigenvalue weighted by Crippen LogP contribution is -2.60. The van der Waals surface area contributed by atoms with E-state index >= 15 is 0 Å². The van der Waals surface area contributed by atoms with Gasteiger partial charge in [0.25, 0.3) is 0 Å². The van der Waals surface area contributed by atoms with Gasteiger partial charge in [0.2, 0.25) is 0 Å². The molecule has 5 heterocycles.